The van der Waals surface area contributed by atoms with Crippen LogP contribution in [0.15, 0.2) is 24.3 Å². The van der Waals surface area contributed by atoms with Gasteiger partial charge in [-0.2, -0.15) is 0 Å². The molecular weight excluding hydrogens is 267 g/mol. The molecule has 0 saturated heterocycles. The van der Waals surface area contributed by atoms with Crippen LogP contribution in [-0.2, 0) is 4.74 Å². The Morgan fingerprint density at radius 2 is 2.14 bits per heavy atom. The average molecular weight is 292 g/mol. The molecule has 1 aliphatic heterocycles. The van der Waals surface area contributed by atoms with Crippen molar-refractivity contribution in [2.24, 2.45) is 5.92 Å². The lowest BCUT2D eigenvalue weighted by atomic mass is 9.96. The third kappa shape index (κ3) is 4.48. The maximum absolute atomic E-state index is 14.1. The van der Waals surface area contributed by atoms with Crippen LogP contribution in [0.4, 0.5) is 4.39 Å². The smallest absolute Gasteiger partial charge is 0.137 e. The first kappa shape index (κ1) is 15.9. The van der Waals surface area contributed by atoms with Gasteiger partial charge < -0.3 is 9.47 Å². The number of ether oxygens (including phenoxy) is 2. The molecule has 0 aliphatic carbocycles. The van der Waals surface area contributed by atoms with Gasteiger partial charge in [0.05, 0.1) is 18.8 Å². The van der Waals surface area contributed by atoms with E-state index in [1.807, 2.05) is 13.0 Å². The van der Waals surface area contributed by atoms with Gasteiger partial charge in [-0.3, -0.25) is 0 Å². The van der Waals surface area contributed by atoms with Gasteiger partial charge in [0.1, 0.15) is 17.3 Å². The summed E-state index contributed by atoms with van der Waals surface area (Å²) in [6.07, 6.45) is 7.98. The second-order valence-electron chi connectivity index (χ2n) is 5.55. The van der Waals surface area contributed by atoms with Gasteiger partial charge in [-0.05, 0) is 43.9 Å². The lowest BCUT2D eigenvalue weighted by molar-refractivity contribution is 0.190. The lowest BCUT2D eigenvalue weighted by Crippen LogP contribution is -2.14. The zero-order valence-electron chi connectivity index (χ0n) is 13.0. The Morgan fingerprint density at radius 1 is 1.29 bits per heavy atom. The molecule has 0 amide bonds. The van der Waals surface area contributed by atoms with Crippen molar-refractivity contribution in [3.05, 3.63) is 35.7 Å². The lowest BCUT2D eigenvalue weighted by Gasteiger charge is -2.23. The zero-order valence-corrected chi connectivity index (χ0v) is 13.0. The summed E-state index contributed by atoms with van der Waals surface area (Å²) in [7, 11) is 0. The minimum absolute atomic E-state index is 0.281. The predicted molar refractivity (Wildman–Crippen MR) is 83.7 cm³/mol. The van der Waals surface area contributed by atoms with Crippen LogP contribution in [0.25, 0.3) is 5.76 Å². The van der Waals surface area contributed by atoms with Gasteiger partial charge in [-0.25, -0.2) is 4.39 Å². The molecule has 3 heteroatoms. The zero-order chi connectivity index (χ0) is 15.1. The number of halogens is 1. The predicted octanol–water partition coefficient (Wildman–Crippen LogP) is 5.18. The minimum atomic E-state index is -0.281. The molecular formula is C18H25FO2. The van der Waals surface area contributed by atoms with E-state index in [4.69, 9.17) is 9.47 Å². The molecule has 1 aromatic carbocycles. The molecule has 0 spiro atoms. The highest BCUT2D eigenvalue weighted by Gasteiger charge is 2.18. The Kier molecular flexibility index (Phi) is 6.09. The highest BCUT2D eigenvalue weighted by Crippen LogP contribution is 2.30. The highest BCUT2D eigenvalue weighted by atomic mass is 19.1. The molecule has 1 atom stereocenters. The van der Waals surface area contributed by atoms with E-state index in [0.717, 1.165) is 6.42 Å². The largest absolute Gasteiger partial charge is 0.494 e. The summed E-state index contributed by atoms with van der Waals surface area (Å²) < 4.78 is 25.2. The van der Waals surface area contributed by atoms with Gasteiger partial charge in [0, 0.05) is 6.07 Å². The number of allylic oxidation sites excluding steroid dienone is 1. The van der Waals surface area contributed by atoms with Crippen molar-refractivity contribution in [3.8, 4) is 5.75 Å². The van der Waals surface area contributed by atoms with Crippen LogP contribution < -0.4 is 4.74 Å². The van der Waals surface area contributed by atoms with Crippen LogP contribution >= 0.6 is 0 Å². The summed E-state index contributed by atoms with van der Waals surface area (Å²) in [6, 6.07) is 4.96. The van der Waals surface area contributed by atoms with E-state index < -0.39 is 0 Å². The fourth-order valence-electron chi connectivity index (χ4n) is 2.63. The van der Waals surface area contributed by atoms with Crippen molar-refractivity contribution in [1.29, 1.82) is 0 Å². The van der Waals surface area contributed by atoms with Crippen molar-refractivity contribution < 1.29 is 13.9 Å². The van der Waals surface area contributed by atoms with Crippen LogP contribution in [0.2, 0.25) is 0 Å². The first-order chi connectivity index (χ1) is 10.2. The van der Waals surface area contributed by atoms with E-state index in [1.165, 1.54) is 31.7 Å². The normalized spacial score (nSPS) is 18.0. The van der Waals surface area contributed by atoms with E-state index in [9.17, 15) is 4.39 Å². The molecule has 1 heterocycles. The molecule has 1 aromatic rings. The Morgan fingerprint density at radius 3 is 2.76 bits per heavy atom. The van der Waals surface area contributed by atoms with Gasteiger partial charge >= 0.3 is 0 Å². The first-order valence-corrected chi connectivity index (χ1v) is 8.00. The fraction of sp³-hybridized carbons (Fsp3) is 0.556. The summed E-state index contributed by atoms with van der Waals surface area (Å²) in [4.78, 5) is 0. The Balaban J connectivity index is 1.97. The summed E-state index contributed by atoms with van der Waals surface area (Å²) in [5.74, 6) is 1.53. The molecule has 1 aliphatic rings. The van der Waals surface area contributed by atoms with E-state index in [1.54, 1.807) is 12.1 Å². The van der Waals surface area contributed by atoms with Gasteiger partial charge in [0.15, 0.2) is 0 Å². The summed E-state index contributed by atoms with van der Waals surface area (Å²) in [5, 5.41) is 0. The van der Waals surface area contributed by atoms with Crippen LogP contribution in [0.1, 0.15) is 51.5 Å². The molecule has 116 valence electrons. The summed E-state index contributed by atoms with van der Waals surface area (Å²) in [5.41, 5.74) is 0.533. The summed E-state index contributed by atoms with van der Waals surface area (Å²) >= 11 is 0. The first-order valence-electron chi connectivity index (χ1n) is 8.00. The Labute approximate surface area is 127 Å². The van der Waals surface area contributed by atoms with Crippen LogP contribution in [-0.4, -0.2) is 13.2 Å². The fourth-order valence-corrected chi connectivity index (χ4v) is 2.63. The summed E-state index contributed by atoms with van der Waals surface area (Å²) in [6.45, 7) is 5.33. The average Bonchev–Trinajstić information content (AvgIpc) is 2.49. The minimum Gasteiger partial charge on any atom is -0.494 e. The van der Waals surface area contributed by atoms with Crippen molar-refractivity contribution in [1.82, 2.24) is 0 Å². The molecule has 0 fully saturated rings. The third-order valence-corrected chi connectivity index (χ3v) is 3.84. The number of benzene rings is 1. The molecule has 21 heavy (non-hydrogen) atoms. The number of unbranched alkanes of at least 4 members (excludes halogenated alkanes) is 2. The molecule has 0 N–H and O–H groups in total. The maximum atomic E-state index is 14.1. The van der Waals surface area contributed by atoms with E-state index >= 15 is 0 Å². The van der Waals surface area contributed by atoms with Crippen molar-refractivity contribution in [3.63, 3.8) is 0 Å². The second kappa shape index (κ2) is 8.06. The van der Waals surface area contributed by atoms with Crippen LogP contribution in [0, 0.1) is 11.7 Å². The monoisotopic (exact) mass is 292 g/mol. The maximum Gasteiger partial charge on any atom is 0.137 e. The highest BCUT2D eigenvalue weighted by molar-refractivity contribution is 5.61. The van der Waals surface area contributed by atoms with Crippen LogP contribution in [0.5, 0.6) is 5.75 Å². The Hall–Kier alpha value is -1.51. The van der Waals surface area contributed by atoms with Gasteiger partial charge in [-0.1, -0.05) is 26.2 Å². The number of hydrogen-bond donors (Lipinski definition) is 0. The van der Waals surface area contributed by atoms with Gasteiger partial charge in [-0.15, -0.1) is 0 Å². The molecule has 0 aromatic heterocycles. The molecule has 2 rings (SSSR count). The van der Waals surface area contributed by atoms with Gasteiger partial charge in [0.2, 0.25) is 0 Å². The van der Waals surface area contributed by atoms with Crippen molar-refractivity contribution in [2.45, 2.75) is 46.0 Å². The topological polar surface area (TPSA) is 18.5 Å². The van der Waals surface area contributed by atoms with Crippen LogP contribution in [0.3, 0.4) is 0 Å². The quantitative estimate of drug-likeness (QED) is 0.644. The standard InChI is InChI=1S/C18H25FO2/c1-3-5-6-7-14-8-11-18(21-13-14)16-10-9-15(20-4-2)12-17(16)19/h9-12,14H,3-8,13H2,1-2H3. The van der Waals surface area contributed by atoms with E-state index in [-0.39, 0.29) is 5.82 Å². The van der Waals surface area contributed by atoms with Crippen molar-refractivity contribution >= 4 is 5.76 Å². The molecule has 2 nitrogen and oxygen atoms in total. The number of hydrogen-bond acceptors (Lipinski definition) is 2. The number of rotatable bonds is 7. The van der Waals surface area contributed by atoms with E-state index in [2.05, 4.69) is 6.92 Å². The SMILES string of the molecule is CCCCCC1CC=C(c2ccc(OCC)cc2F)OC1. The van der Waals surface area contributed by atoms with Gasteiger partial charge in [0.25, 0.3) is 0 Å². The molecule has 0 saturated carbocycles. The molecule has 0 bridgehead atoms. The third-order valence-electron chi connectivity index (χ3n) is 3.84. The second-order valence-corrected chi connectivity index (χ2v) is 5.55. The molecule has 1 unspecified atom stereocenters. The Bertz CT molecular complexity index is 482. The van der Waals surface area contributed by atoms with Crippen molar-refractivity contribution in [2.75, 3.05) is 13.2 Å². The molecule has 0 radical (unpaired) electrons. The van der Waals surface area contributed by atoms with E-state index in [0.29, 0.717) is 36.2 Å².